The van der Waals surface area contributed by atoms with Gasteiger partial charge in [-0.3, -0.25) is 19.8 Å². The van der Waals surface area contributed by atoms with Crippen molar-refractivity contribution < 1.29 is 24.2 Å². The molecule has 2 aromatic carbocycles. The van der Waals surface area contributed by atoms with Crippen molar-refractivity contribution in [2.45, 2.75) is 0 Å². The number of benzene rings is 2. The Morgan fingerprint density at radius 2 is 1.79 bits per heavy atom. The fraction of sp³-hybridized carbons (Fsp3) is 0.0526. The van der Waals surface area contributed by atoms with E-state index in [-0.39, 0.29) is 10.7 Å². The Kier molecular flexibility index (Phi) is 5.86. The molecule has 2 amide bonds. The van der Waals surface area contributed by atoms with Crippen molar-refractivity contribution in [3.63, 3.8) is 0 Å². The number of aliphatic carboxylic acids is 1. The number of carboxylic acid groups (broad SMARTS) is 1. The van der Waals surface area contributed by atoms with Crippen molar-refractivity contribution in [1.29, 1.82) is 0 Å². The van der Waals surface area contributed by atoms with Gasteiger partial charge in [-0.2, -0.15) is 0 Å². The molecule has 0 atom stereocenters. The SMILES string of the molecule is O=C(O)COc1ccc(C=C2C(=O)NC(=S)N(c3ccc(Br)cc3)C2=O)cc1. The van der Waals surface area contributed by atoms with Crippen molar-refractivity contribution in [2.75, 3.05) is 11.5 Å². The summed E-state index contributed by atoms with van der Waals surface area (Å²) < 4.78 is 5.90. The number of nitrogens with one attached hydrogen (secondary N) is 1. The number of amides is 2. The van der Waals surface area contributed by atoms with E-state index in [0.29, 0.717) is 17.0 Å². The predicted octanol–water partition coefficient (Wildman–Crippen LogP) is 2.74. The third-order valence-corrected chi connectivity index (χ3v) is 4.55. The maximum Gasteiger partial charge on any atom is 0.341 e. The summed E-state index contributed by atoms with van der Waals surface area (Å²) in [5.74, 6) is -1.85. The molecular weight excluding hydrogens is 448 g/mol. The number of rotatable bonds is 5. The summed E-state index contributed by atoms with van der Waals surface area (Å²) in [6.07, 6.45) is 1.44. The largest absolute Gasteiger partial charge is 0.482 e. The maximum absolute atomic E-state index is 12.9. The van der Waals surface area contributed by atoms with Crippen molar-refractivity contribution >= 4 is 62.8 Å². The number of carbonyl (C=O) groups excluding carboxylic acids is 2. The van der Waals surface area contributed by atoms with Crippen LogP contribution >= 0.6 is 28.1 Å². The first-order chi connectivity index (χ1) is 13.3. The third kappa shape index (κ3) is 4.44. The fourth-order valence-corrected chi connectivity index (χ4v) is 3.00. The maximum atomic E-state index is 12.9. The van der Waals surface area contributed by atoms with Crippen LogP contribution in [0.15, 0.2) is 58.6 Å². The lowest BCUT2D eigenvalue weighted by Crippen LogP contribution is -2.54. The first-order valence-electron chi connectivity index (χ1n) is 7.97. The van der Waals surface area contributed by atoms with Crippen LogP contribution in [0.5, 0.6) is 5.75 Å². The Hall–Kier alpha value is -3.04. The van der Waals surface area contributed by atoms with Crippen LogP contribution < -0.4 is 15.0 Å². The van der Waals surface area contributed by atoms with Crippen LogP contribution in [0.3, 0.4) is 0 Å². The highest BCUT2D eigenvalue weighted by Crippen LogP contribution is 2.24. The van der Waals surface area contributed by atoms with Gasteiger partial charge >= 0.3 is 5.97 Å². The summed E-state index contributed by atoms with van der Waals surface area (Å²) in [6.45, 7) is -0.457. The van der Waals surface area contributed by atoms with Crippen LogP contribution in [-0.2, 0) is 14.4 Å². The van der Waals surface area contributed by atoms with E-state index in [1.54, 1.807) is 48.5 Å². The van der Waals surface area contributed by atoms with Gasteiger partial charge in [0.1, 0.15) is 11.3 Å². The highest BCUT2D eigenvalue weighted by molar-refractivity contribution is 9.10. The van der Waals surface area contributed by atoms with E-state index in [4.69, 9.17) is 22.1 Å². The van der Waals surface area contributed by atoms with Crippen LogP contribution in [0.4, 0.5) is 5.69 Å². The highest BCUT2D eigenvalue weighted by atomic mass is 79.9. The normalized spacial score (nSPS) is 15.5. The molecule has 2 aromatic rings. The number of hydrogen-bond donors (Lipinski definition) is 2. The van der Waals surface area contributed by atoms with E-state index in [9.17, 15) is 14.4 Å². The Balaban J connectivity index is 1.86. The summed E-state index contributed by atoms with van der Waals surface area (Å²) in [5.41, 5.74) is 1.03. The lowest BCUT2D eigenvalue weighted by molar-refractivity contribution is -0.139. The molecule has 0 aliphatic carbocycles. The minimum absolute atomic E-state index is 0.00638. The topological polar surface area (TPSA) is 95.9 Å². The number of nitrogens with zero attached hydrogens (tertiary/aromatic N) is 1. The molecule has 142 valence electrons. The van der Waals surface area contributed by atoms with Crippen molar-refractivity contribution in [1.82, 2.24) is 5.32 Å². The van der Waals surface area contributed by atoms with Crippen LogP contribution in [0.25, 0.3) is 6.08 Å². The number of anilines is 1. The Morgan fingerprint density at radius 1 is 1.14 bits per heavy atom. The summed E-state index contributed by atoms with van der Waals surface area (Å²) >= 11 is 8.48. The van der Waals surface area contributed by atoms with Gasteiger partial charge in [0, 0.05) is 4.47 Å². The minimum atomic E-state index is -1.08. The molecule has 0 unspecified atom stereocenters. The van der Waals surface area contributed by atoms with Gasteiger partial charge in [0.25, 0.3) is 11.8 Å². The van der Waals surface area contributed by atoms with Crippen molar-refractivity contribution in [3.8, 4) is 5.75 Å². The van der Waals surface area contributed by atoms with Gasteiger partial charge in [-0.1, -0.05) is 28.1 Å². The smallest absolute Gasteiger partial charge is 0.341 e. The van der Waals surface area contributed by atoms with Crippen LogP contribution in [0.2, 0.25) is 0 Å². The molecule has 1 aliphatic heterocycles. The standard InChI is InChI=1S/C19H13BrN2O5S/c20-12-3-5-13(6-4-12)22-18(26)15(17(25)21-19(22)28)9-11-1-7-14(8-2-11)27-10-16(23)24/h1-9H,10H2,(H,23,24)(H,21,25,28). The zero-order valence-electron chi connectivity index (χ0n) is 14.2. The Morgan fingerprint density at radius 3 is 2.39 bits per heavy atom. The lowest BCUT2D eigenvalue weighted by Gasteiger charge is -2.29. The number of halogens is 1. The van der Waals surface area contributed by atoms with E-state index < -0.39 is 24.4 Å². The average molecular weight is 461 g/mol. The summed E-state index contributed by atoms with van der Waals surface area (Å²) in [5, 5.41) is 11.1. The molecule has 9 heteroatoms. The molecule has 1 fully saturated rings. The molecule has 0 radical (unpaired) electrons. The second-order valence-electron chi connectivity index (χ2n) is 5.69. The van der Waals surface area contributed by atoms with Gasteiger partial charge in [0.15, 0.2) is 11.7 Å². The van der Waals surface area contributed by atoms with Crippen LogP contribution in [0, 0.1) is 0 Å². The molecule has 28 heavy (non-hydrogen) atoms. The highest BCUT2D eigenvalue weighted by Gasteiger charge is 2.34. The van der Waals surface area contributed by atoms with E-state index in [2.05, 4.69) is 21.2 Å². The second-order valence-corrected chi connectivity index (χ2v) is 6.99. The lowest BCUT2D eigenvalue weighted by atomic mass is 10.1. The molecule has 0 bridgehead atoms. The van der Waals surface area contributed by atoms with Crippen molar-refractivity contribution in [2.24, 2.45) is 0 Å². The van der Waals surface area contributed by atoms with Gasteiger partial charge in [-0.15, -0.1) is 0 Å². The number of carbonyl (C=O) groups is 3. The molecule has 1 saturated heterocycles. The zero-order chi connectivity index (χ0) is 20.3. The monoisotopic (exact) mass is 460 g/mol. The Bertz CT molecular complexity index is 986. The van der Waals surface area contributed by atoms with Gasteiger partial charge in [-0.05, 0) is 60.3 Å². The molecule has 1 aliphatic rings. The second kappa shape index (κ2) is 8.32. The first-order valence-corrected chi connectivity index (χ1v) is 9.17. The third-order valence-electron chi connectivity index (χ3n) is 3.74. The summed E-state index contributed by atoms with van der Waals surface area (Å²) in [4.78, 5) is 37.0. The summed E-state index contributed by atoms with van der Waals surface area (Å²) in [6, 6.07) is 13.3. The van der Waals surface area contributed by atoms with E-state index in [0.717, 1.165) is 4.47 Å². The average Bonchev–Trinajstić information content (AvgIpc) is 2.66. The molecular formula is C19H13BrN2O5S. The van der Waals surface area contributed by atoms with Gasteiger partial charge in [0.05, 0.1) is 5.69 Å². The van der Waals surface area contributed by atoms with E-state index >= 15 is 0 Å². The molecule has 0 aromatic heterocycles. The summed E-state index contributed by atoms with van der Waals surface area (Å²) in [7, 11) is 0. The molecule has 1 heterocycles. The molecule has 0 spiro atoms. The first kappa shape index (κ1) is 19.7. The quantitative estimate of drug-likeness (QED) is 0.404. The van der Waals surface area contributed by atoms with E-state index in [1.807, 2.05) is 0 Å². The Labute approximate surface area is 173 Å². The number of hydrogen-bond acceptors (Lipinski definition) is 5. The molecule has 2 N–H and O–H groups in total. The van der Waals surface area contributed by atoms with Crippen molar-refractivity contribution in [3.05, 3.63) is 64.1 Å². The minimum Gasteiger partial charge on any atom is -0.482 e. The zero-order valence-corrected chi connectivity index (χ0v) is 16.6. The van der Waals surface area contributed by atoms with Gasteiger partial charge < -0.3 is 9.84 Å². The fourth-order valence-electron chi connectivity index (χ4n) is 2.45. The molecule has 7 nitrogen and oxygen atoms in total. The van der Waals surface area contributed by atoms with E-state index in [1.165, 1.54) is 11.0 Å². The van der Waals surface area contributed by atoms with Gasteiger partial charge in [-0.25, -0.2) is 4.79 Å². The number of thiocarbonyl (C=S) groups is 1. The number of carboxylic acids is 1. The van der Waals surface area contributed by atoms with Gasteiger partial charge in [0.2, 0.25) is 0 Å². The molecule has 0 saturated carbocycles. The predicted molar refractivity (Wildman–Crippen MR) is 110 cm³/mol. The molecule has 3 rings (SSSR count). The van der Waals surface area contributed by atoms with Crippen LogP contribution in [0.1, 0.15) is 5.56 Å². The van der Waals surface area contributed by atoms with Crippen LogP contribution in [-0.4, -0.2) is 34.6 Å². The number of ether oxygens (including phenoxy) is 1.